The van der Waals surface area contributed by atoms with Crippen LogP contribution in [0.4, 0.5) is 4.39 Å². The standard InChI is InChI=1S/C17H21FN2/c1-2-13-7-9-14(10-8-13)11-16(20-19)12-15-5-3-4-6-17(15)18/h3-10,16,20H,2,11-12,19H2,1H3. The molecule has 2 aromatic carbocycles. The van der Waals surface area contributed by atoms with E-state index in [-0.39, 0.29) is 11.9 Å². The normalized spacial score (nSPS) is 12.3. The van der Waals surface area contributed by atoms with Gasteiger partial charge in [-0.1, -0.05) is 49.4 Å². The Bertz CT molecular complexity index is 537. The lowest BCUT2D eigenvalue weighted by Crippen LogP contribution is -2.38. The summed E-state index contributed by atoms with van der Waals surface area (Å²) in [5.41, 5.74) is 6.01. The van der Waals surface area contributed by atoms with Crippen LogP contribution in [0.2, 0.25) is 0 Å². The van der Waals surface area contributed by atoms with E-state index in [1.807, 2.05) is 6.07 Å². The first-order chi connectivity index (χ1) is 9.72. The zero-order valence-electron chi connectivity index (χ0n) is 11.8. The number of nitrogens with one attached hydrogen (secondary N) is 1. The Morgan fingerprint density at radius 1 is 1.00 bits per heavy atom. The van der Waals surface area contributed by atoms with Crippen LogP contribution < -0.4 is 11.3 Å². The molecule has 0 aromatic heterocycles. The summed E-state index contributed by atoms with van der Waals surface area (Å²) in [7, 11) is 0. The van der Waals surface area contributed by atoms with E-state index in [1.54, 1.807) is 12.1 Å². The Balaban J connectivity index is 2.03. The second-order valence-electron chi connectivity index (χ2n) is 5.03. The summed E-state index contributed by atoms with van der Waals surface area (Å²) in [5.74, 6) is 5.43. The number of nitrogens with two attached hydrogens (primary N) is 1. The van der Waals surface area contributed by atoms with Crippen molar-refractivity contribution in [2.24, 2.45) is 5.84 Å². The van der Waals surface area contributed by atoms with Gasteiger partial charge >= 0.3 is 0 Å². The quantitative estimate of drug-likeness (QED) is 0.626. The Hall–Kier alpha value is -1.71. The molecule has 0 saturated heterocycles. The van der Waals surface area contributed by atoms with Crippen molar-refractivity contribution in [1.82, 2.24) is 5.43 Å². The van der Waals surface area contributed by atoms with Gasteiger partial charge in [0.1, 0.15) is 5.82 Å². The van der Waals surface area contributed by atoms with Gasteiger partial charge in [-0.05, 0) is 42.0 Å². The lowest BCUT2D eigenvalue weighted by atomic mass is 9.98. The van der Waals surface area contributed by atoms with Crippen LogP contribution in [0.5, 0.6) is 0 Å². The van der Waals surface area contributed by atoms with Crippen molar-refractivity contribution in [3.05, 3.63) is 71.0 Å². The van der Waals surface area contributed by atoms with E-state index >= 15 is 0 Å². The minimum Gasteiger partial charge on any atom is -0.271 e. The Morgan fingerprint density at radius 3 is 2.25 bits per heavy atom. The van der Waals surface area contributed by atoms with Crippen molar-refractivity contribution in [3.8, 4) is 0 Å². The number of rotatable bonds is 6. The maximum absolute atomic E-state index is 13.7. The molecule has 2 rings (SSSR count). The number of hydrazine groups is 1. The molecule has 106 valence electrons. The van der Waals surface area contributed by atoms with E-state index in [1.165, 1.54) is 17.2 Å². The zero-order chi connectivity index (χ0) is 14.4. The van der Waals surface area contributed by atoms with Gasteiger partial charge in [-0.25, -0.2) is 4.39 Å². The third-order valence-corrected chi connectivity index (χ3v) is 3.57. The molecule has 2 aromatic rings. The molecule has 20 heavy (non-hydrogen) atoms. The number of hydrogen-bond acceptors (Lipinski definition) is 2. The minimum absolute atomic E-state index is 0.0272. The summed E-state index contributed by atoms with van der Waals surface area (Å²) in [6.45, 7) is 2.14. The van der Waals surface area contributed by atoms with E-state index in [9.17, 15) is 4.39 Å². The van der Waals surface area contributed by atoms with Crippen LogP contribution in [-0.4, -0.2) is 6.04 Å². The average molecular weight is 272 g/mol. The van der Waals surface area contributed by atoms with Gasteiger partial charge in [0, 0.05) is 6.04 Å². The summed E-state index contributed by atoms with van der Waals surface area (Å²) >= 11 is 0. The van der Waals surface area contributed by atoms with Crippen molar-refractivity contribution in [2.45, 2.75) is 32.2 Å². The first kappa shape index (κ1) is 14.7. The van der Waals surface area contributed by atoms with Gasteiger partial charge in [0.05, 0.1) is 0 Å². The van der Waals surface area contributed by atoms with Gasteiger partial charge < -0.3 is 0 Å². The first-order valence-corrected chi connectivity index (χ1v) is 7.00. The molecule has 0 heterocycles. The fourth-order valence-electron chi connectivity index (χ4n) is 2.31. The van der Waals surface area contributed by atoms with Gasteiger partial charge in [-0.2, -0.15) is 0 Å². The van der Waals surface area contributed by atoms with Crippen LogP contribution in [0.15, 0.2) is 48.5 Å². The van der Waals surface area contributed by atoms with Crippen LogP contribution in [0.3, 0.4) is 0 Å². The highest BCUT2D eigenvalue weighted by Crippen LogP contribution is 2.13. The van der Waals surface area contributed by atoms with Crippen LogP contribution in [0, 0.1) is 5.82 Å². The third kappa shape index (κ3) is 3.89. The van der Waals surface area contributed by atoms with E-state index in [0.717, 1.165) is 12.8 Å². The fourth-order valence-corrected chi connectivity index (χ4v) is 2.31. The molecular weight excluding hydrogens is 251 g/mol. The van der Waals surface area contributed by atoms with Gasteiger partial charge in [0.25, 0.3) is 0 Å². The number of hydrogen-bond donors (Lipinski definition) is 2. The lowest BCUT2D eigenvalue weighted by molar-refractivity contribution is 0.506. The Labute approximate surface area is 119 Å². The second-order valence-corrected chi connectivity index (χ2v) is 5.03. The molecule has 0 aliphatic carbocycles. The van der Waals surface area contributed by atoms with Crippen LogP contribution in [-0.2, 0) is 19.3 Å². The molecule has 0 spiro atoms. The maximum Gasteiger partial charge on any atom is 0.126 e. The predicted octanol–water partition coefficient (Wildman–Crippen LogP) is 3.01. The molecule has 3 N–H and O–H groups in total. The molecule has 0 aliphatic heterocycles. The fraction of sp³-hybridized carbons (Fsp3) is 0.294. The summed E-state index contributed by atoms with van der Waals surface area (Å²) in [6, 6.07) is 15.4. The molecule has 0 fully saturated rings. The summed E-state index contributed by atoms with van der Waals surface area (Å²) < 4.78 is 13.7. The highest BCUT2D eigenvalue weighted by atomic mass is 19.1. The Kier molecular flexibility index (Phi) is 5.27. The van der Waals surface area contributed by atoms with E-state index < -0.39 is 0 Å². The van der Waals surface area contributed by atoms with E-state index in [0.29, 0.717) is 12.0 Å². The van der Waals surface area contributed by atoms with E-state index in [4.69, 9.17) is 5.84 Å². The van der Waals surface area contributed by atoms with Crippen LogP contribution >= 0.6 is 0 Å². The molecule has 0 bridgehead atoms. The van der Waals surface area contributed by atoms with Crippen LogP contribution in [0.25, 0.3) is 0 Å². The molecule has 0 radical (unpaired) electrons. The topological polar surface area (TPSA) is 38.0 Å². The summed E-state index contributed by atoms with van der Waals surface area (Å²) in [5, 5.41) is 0. The third-order valence-electron chi connectivity index (χ3n) is 3.57. The highest BCUT2D eigenvalue weighted by molar-refractivity contribution is 5.24. The van der Waals surface area contributed by atoms with E-state index in [2.05, 4.69) is 36.6 Å². The van der Waals surface area contributed by atoms with Gasteiger partial charge in [-0.15, -0.1) is 0 Å². The van der Waals surface area contributed by atoms with Crippen molar-refractivity contribution in [1.29, 1.82) is 0 Å². The van der Waals surface area contributed by atoms with Crippen molar-refractivity contribution < 1.29 is 4.39 Å². The van der Waals surface area contributed by atoms with Crippen molar-refractivity contribution >= 4 is 0 Å². The maximum atomic E-state index is 13.7. The molecule has 1 atom stereocenters. The number of benzene rings is 2. The van der Waals surface area contributed by atoms with Crippen molar-refractivity contribution in [3.63, 3.8) is 0 Å². The molecular formula is C17H21FN2. The summed E-state index contributed by atoms with van der Waals surface area (Å²) in [4.78, 5) is 0. The SMILES string of the molecule is CCc1ccc(CC(Cc2ccccc2F)NN)cc1. The second kappa shape index (κ2) is 7.17. The van der Waals surface area contributed by atoms with Gasteiger partial charge in [-0.3, -0.25) is 11.3 Å². The van der Waals surface area contributed by atoms with Crippen molar-refractivity contribution in [2.75, 3.05) is 0 Å². The van der Waals surface area contributed by atoms with Gasteiger partial charge in [0.15, 0.2) is 0 Å². The molecule has 1 unspecified atom stereocenters. The molecule has 0 saturated carbocycles. The van der Waals surface area contributed by atoms with Crippen LogP contribution in [0.1, 0.15) is 23.6 Å². The summed E-state index contributed by atoms with van der Waals surface area (Å²) in [6.07, 6.45) is 2.40. The Morgan fingerprint density at radius 2 is 1.65 bits per heavy atom. The predicted molar refractivity (Wildman–Crippen MR) is 80.7 cm³/mol. The average Bonchev–Trinajstić information content (AvgIpc) is 2.49. The number of halogens is 1. The molecule has 0 aliphatic rings. The van der Waals surface area contributed by atoms with Gasteiger partial charge in [0.2, 0.25) is 0 Å². The molecule has 0 amide bonds. The first-order valence-electron chi connectivity index (χ1n) is 7.00. The monoisotopic (exact) mass is 272 g/mol. The molecule has 3 heteroatoms. The zero-order valence-corrected chi connectivity index (χ0v) is 11.8. The molecule has 2 nitrogen and oxygen atoms in total. The number of aryl methyl sites for hydroxylation is 1. The lowest BCUT2D eigenvalue weighted by Gasteiger charge is -2.16. The largest absolute Gasteiger partial charge is 0.271 e. The highest BCUT2D eigenvalue weighted by Gasteiger charge is 2.11. The minimum atomic E-state index is -0.172. The smallest absolute Gasteiger partial charge is 0.126 e.